The molecule has 0 unspecified atom stereocenters. The van der Waals surface area contributed by atoms with Gasteiger partial charge in [0.25, 0.3) is 0 Å². The zero-order valence-electron chi connectivity index (χ0n) is 11.1. The molecule has 0 aromatic heterocycles. The molecule has 0 bridgehead atoms. The van der Waals surface area contributed by atoms with E-state index in [1.165, 1.54) is 6.07 Å². The van der Waals surface area contributed by atoms with E-state index < -0.39 is 11.9 Å². The molecule has 108 valence electrons. The number of aromatic carboxylic acids is 1. The van der Waals surface area contributed by atoms with Crippen LogP contribution in [0.2, 0.25) is 0 Å². The lowest BCUT2D eigenvalue weighted by molar-refractivity contribution is 0.0497. The number of hydrogen-bond donors (Lipinski definition) is 1. The van der Waals surface area contributed by atoms with E-state index in [-0.39, 0.29) is 17.7 Å². The van der Waals surface area contributed by atoms with Gasteiger partial charge in [0.15, 0.2) is 0 Å². The quantitative estimate of drug-likeness (QED) is 0.839. The smallest absolute Gasteiger partial charge is 0.340 e. The molecular formula is C16H13BrO4. The maximum Gasteiger partial charge on any atom is 0.340 e. The van der Waals surface area contributed by atoms with Crippen LogP contribution in [0.15, 0.2) is 53.0 Å². The van der Waals surface area contributed by atoms with Crippen LogP contribution in [0.4, 0.5) is 0 Å². The number of carbonyl (C=O) groups is 2. The molecule has 0 aliphatic heterocycles. The standard InChI is InChI=1S/C16H13BrO4/c17-13-8-4-7-12(15(18)19)14(13)16(20)21-10-9-11-5-2-1-3-6-11/h1-8H,9-10H2,(H,18,19). The topological polar surface area (TPSA) is 63.6 Å². The van der Waals surface area contributed by atoms with E-state index in [9.17, 15) is 9.59 Å². The average molecular weight is 349 g/mol. The van der Waals surface area contributed by atoms with Crippen LogP contribution in [-0.4, -0.2) is 23.7 Å². The summed E-state index contributed by atoms with van der Waals surface area (Å²) in [5.41, 5.74) is 1.02. The van der Waals surface area contributed by atoms with Gasteiger partial charge in [0.1, 0.15) is 0 Å². The van der Waals surface area contributed by atoms with Crippen LogP contribution >= 0.6 is 15.9 Å². The Balaban J connectivity index is 2.06. The second-order valence-corrected chi connectivity index (χ2v) is 5.19. The van der Waals surface area contributed by atoms with Gasteiger partial charge in [-0.3, -0.25) is 0 Å². The van der Waals surface area contributed by atoms with Crippen molar-refractivity contribution in [1.82, 2.24) is 0 Å². The van der Waals surface area contributed by atoms with E-state index in [1.807, 2.05) is 30.3 Å². The van der Waals surface area contributed by atoms with Crippen molar-refractivity contribution in [3.8, 4) is 0 Å². The van der Waals surface area contributed by atoms with Gasteiger partial charge in [-0.1, -0.05) is 36.4 Å². The number of ether oxygens (including phenoxy) is 1. The molecule has 0 heterocycles. The number of esters is 1. The molecular weight excluding hydrogens is 336 g/mol. The first-order valence-corrected chi connectivity index (χ1v) is 7.11. The van der Waals surface area contributed by atoms with Crippen LogP contribution in [0.5, 0.6) is 0 Å². The fourth-order valence-corrected chi connectivity index (χ4v) is 2.42. The summed E-state index contributed by atoms with van der Waals surface area (Å²) >= 11 is 3.19. The molecule has 1 N–H and O–H groups in total. The molecule has 0 aliphatic rings. The fourth-order valence-electron chi connectivity index (χ4n) is 1.89. The summed E-state index contributed by atoms with van der Waals surface area (Å²) in [5.74, 6) is -1.80. The second kappa shape index (κ2) is 7.04. The van der Waals surface area contributed by atoms with Crippen LogP contribution in [-0.2, 0) is 11.2 Å². The monoisotopic (exact) mass is 348 g/mol. The van der Waals surface area contributed by atoms with E-state index in [1.54, 1.807) is 12.1 Å². The van der Waals surface area contributed by atoms with Gasteiger partial charge in [-0.15, -0.1) is 0 Å². The maximum atomic E-state index is 12.1. The minimum absolute atomic E-state index is 0.0399. The van der Waals surface area contributed by atoms with Crippen molar-refractivity contribution in [2.24, 2.45) is 0 Å². The van der Waals surface area contributed by atoms with E-state index in [0.29, 0.717) is 10.9 Å². The molecule has 21 heavy (non-hydrogen) atoms. The van der Waals surface area contributed by atoms with E-state index in [0.717, 1.165) is 5.56 Å². The lowest BCUT2D eigenvalue weighted by atomic mass is 10.1. The Kier molecular flexibility index (Phi) is 5.11. The predicted molar refractivity (Wildman–Crippen MR) is 81.5 cm³/mol. The molecule has 0 aliphatic carbocycles. The summed E-state index contributed by atoms with van der Waals surface area (Å²) in [6.45, 7) is 0.198. The lowest BCUT2D eigenvalue weighted by Gasteiger charge is -2.09. The van der Waals surface area contributed by atoms with Crippen molar-refractivity contribution in [2.45, 2.75) is 6.42 Å². The first kappa shape index (κ1) is 15.3. The first-order chi connectivity index (χ1) is 10.1. The van der Waals surface area contributed by atoms with Crippen molar-refractivity contribution in [3.05, 3.63) is 69.7 Å². The van der Waals surface area contributed by atoms with Crippen molar-refractivity contribution >= 4 is 27.9 Å². The molecule has 2 aromatic carbocycles. The molecule has 0 saturated heterocycles. The number of carboxylic acid groups (broad SMARTS) is 1. The third-order valence-corrected chi connectivity index (χ3v) is 3.58. The Morgan fingerprint density at radius 1 is 1.05 bits per heavy atom. The highest BCUT2D eigenvalue weighted by Gasteiger charge is 2.20. The molecule has 0 radical (unpaired) electrons. The van der Waals surface area contributed by atoms with Crippen LogP contribution in [0.3, 0.4) is 0 Å². The van der Waals surface area contributed by atoms with Crippen molar-refractivity contribution in [2.75, 3.05) is 6.61 Å². The number of carbonyl (C=O) groups excluding carboxylic acids is 1. The van der Waals surface area contributed by atoms with Crippen molar-refractivity contribution in [1.29, 1.82) is 0 Å². The minimum Gasteiger partial charge on any atom is -0.478 e. The summed E-state index contributed by atoms with van der Waals surface area (Å²) in [6.07, 6.45) is 0.583. The number of carboxylic acids is 1. The molecule has 2 rings (SSSR count). The van der Waals surface area contributed by atoms with Gasteiger partial charge in [0.2, 0.25) is 0 Å². The third kappa shape index (κ3) is 3.92. The fraction of sp³-hybridized carbons (Fsp3) is 0.125. The normalized spacial score (nSPS) is 10.1. The number of hydrogen-bond acceptors (Lipinski definition) is 3. The summed E-state index contributed by atoms with van der Waals surface area (Å²) < 4.78 is 5.58. The van der Waals surface area contributed by atoms with Gasteiger partial charge in [-0.25, -0.2) is 9.59 Å². The van der Waals surface area contributed by atoms with Gasteiger partial charge in [-0.05, 0) is 33.6 Å². The third-order valence-electron chi connectivity index (χ3n) is 2.91. The first-order valence-electron chi connectivity index (χ1n) is 6.32. The molecule has 0 atom stereocenters. The minimum atomic E-state index is -1.16. The SMILES string of the molecule is O=C(O)c1cccc(Br)c1C(=O)OCCc1ccccc1. The average Bonchev–Trinajstić information content (AvgIpc) is 2.47. The molecule has 4 nitrogen and oxygen atoms in total. The highest BCUT2D eigenvalue weighted by atomic mass is 79.9. The van der Waals surface area contributed by atoms with Crippen LogP contribution in [0.25, 0.3) is 0 Å². The lowest BCUT2D eigenvalue weighted by Crippen LogP contribution is -2.14. The molecule has 0 amide bonds. The van der Waals surface area contributed by atoms with Crippen LogP contribution in [0, 0.1) is 0 Å². The van der Waals surface area contributed by atoms with Crippen molar-refractivity contribution in [3.63, 3.8) is 0 Å². The molecule has 0 fully saturated rings. The van der Waals surface area contributed by atoms with Gasteiger partial charge in [0.05, 0.1) is 17.7 Å². The molecule has 0 spiro atoms. The maximum absolute atomic E-state index is 12.1. The van der Waals surface area contributed by atoms with Crippen molar-refractivity contribution < 1.29 is 19.4 Å². The number of benzene rings is 2. The Labute approximate surface area is 130 Å². The zero-order valence-corrected chi connectivity index (χ0v) is 12.7. The van der Waals surface area contributed by atoms with Gasteiger partial charge in [-0.2, -0.15) is 0 Å². The highest BCUT2D eigenvalue weighted by molar-refractivity contribution is 9.10. The Hall–Kier alpha value is -2.14. The Bertz CT molecular complexity index is 653. The Morgan fingerprint density at radius 3 is 2.43 bits per heavy atom. The molecule has 2 aromatic rings. The molecule has 5 heteroatoms. The summed E-state index contributed by atoms with van der Waals surface area (Å²) in [6, 6.07) is 14.2. The van der Waals surface area contributed by atoms with Gasteiger partial charge < -0.3 is 9.84 Å². The van der Waals surface area contributed by atoms with E-state index in [4.69, 9.17) is 9.84 Å². The van der Waals surface area contributed by atoms with E-state index >= 15 is 0 Å². The zero-order chi connectivity index (χ0) is 15.2. The summed E-state index contributed by atoms with van der Waals surface area (Å²) in [5, 5.41) is 9.11. The van der Waals surface area contributed by atoms with Crippen LogP contribution < -0.4 is 0 Å². The molecule has 0 saturated carbocycles. The highest BCUT2D eigenvalue weighted by Crippen LogP contribution is 2.22. The number of rotatable bonds is 5. The van der Waals surface area contributed by atoms with Gasteiger partial charge >= 0.3 is 11.9 Å². The largest absolute Gasteiger partial charge is 0.478 e. The summed E-state index contributed by atoms with van der Waals surface area (Å²) in [4.78, 5) is 23.2. The Morgan fingerprint density at radius 2 is 1.76 bits per heavy atom. The van der Waals surface area contributed by atoms with Gasteiger partial charge in [0, 0.05) is 10.9 Å². The second-order valence-electron chi connectivity index (χ2n) is 4.34. The predicted octanol–water partition coefficient (Wildman–Crippen LogP) is 3.55. The summed E-state index contributed by atoms with van der Waals surface area (Å²) in [7, 11) is 0. The number of halogens is 1. The van der Waals surface area contributed by atoms with Crippen LogP contribution in [0.1, 0.15) is 26.3 Å². The van der Waals surface area contributed by atoms with E-state index in [2.05, 4.69) is 15.9 Å².